The fraction of sp³-hybridized carbons (Fsp3) is 0.188. The lowest BCUT2D eigenvalue weighted by Gasteiger charge is -2.11. The van der Waals surface area contributed by atoms with Crippen molar-refractivity contribution in [3.05, 3.63) is 58.4 Å². The summed E-state index contributed by atoms with van der Waals surface area (Å²) in [5.41, 5.74) is 1.23. The van der Waals surface area contributed by atoms with Crippen LogP contribution in [0.25, 0.3) is 0 Å². The Labute approximate surface area is 136 Å². The fourth-order valence-corrected chi connectivity index (χ4v) is 2.12. The Kier molecular flexibility index (Phi) is 5.50. The summed E-state index contributed by atoms with van der Waals surface area (Å²) in [6, 6.07) is 7.06. The second kappa shape index (κ2) is 7.37. The normalized spacial score (nSPS) is 10.5. The van der Waals surface area contributed by atoms with Crippen molar-refractivity contribution in [1.82, 2.24) is 0 Å². The first kappa shape index (κ1) is 17.1. The van der Waals surface area contributed by atoms with Gasteiger partial charge in [0.1, 0.15) is 0 Å². The minimum atomic E-state index is -1.62. The maximum Gasteiger partial charge on any atom is 0.226 e. The summed E-state index contributed by atoms with van der Waals surface area (Å²) < 4.78 is 39.3. The Morgan fingerprint density at radius 3 is 2.57 bits per heavy atom. The van der Waals surface area contributed by atoms with E-state index in [1.54, 1.807) is 12.1 Å². The largest absolute Gasteiger partial charge is 0.384 e. The molecular formula is C16H14ClF3N2O. The monoisotopic (exact) mass is 342 g/mol. The van der Waals surface area contributed by atoms with Crippen LogP contribution >= 0.6 is 11.6 Å². The van der Waals surface area contributed by atoms with Crippen LogP contribution in [0.15, 0.2) is 30.3 Å². The lowest BCUT2D eigenvalue weighted by atomic mass is 10.2. The molecule has 122 valence electrons. The first-order valence-electron chi connectivity index (χ1n) is 6.82. The van der Waals surface area contributed by atoms with Crippen LogP contribution in [0.5, 0.6) is 0 Å². The van der Waals surface area contributed by atoms with Crippen molar-refractivity contribution in [2.75, 3.05) is 17.2 Å². The molecule has 2 rings (SSSR count). The molecule has 0 spiro atoms. The molecule has 0 bridgehead atoms. The Hall–Kier alpha value is -2.21. The number of nitrogens with one attached hydrogen (secondary N) is 2. The van der Waals surface area contributed by atoms with Crippen molar-refractivity contribution < 1.29 is 18.0 Å². The maximum absolute atomic E-state index is 13.4. The highest BCUT2D eigenvalue weighted by Gasteiger charge is 2.15. The minimum absolute atomic E-state index is 0.0182. The van der Waals surface area contributed by atoms with Gasteiger partial charge in [0.25, 0.3) is 0 Å². The van der Waals surface area contributed by atoms with Gasteiger partial charge in [-0.05, 0) is 36.8 Å². The Balaban J connectivity index is 1.91. The predicted octanol–water partition coefficient (Wildman–Crippen LogP) is 4.51. The molecule has 3 nitrogen and oxygen atoms in total. The van der Waals surface area contributed by atoms with Crippen molar-refractivity contribution in [3.63, 3.8) is 0 Å². The zero-order chi connectivity index (χ0) is 17.0. The number of amides is 1. The van der Waals surface area contributed by atoms with Crippen LogP contribution in [-0.4, -0.2) is 12.5 Å². The molecule has 0 fully saturated rings. The summed E-state index contributed by atoms with van der Waals surface area (Å²) in [4.78, 5) is 11.7. The van der Waals surface area contributed by atoms with E-state index in [-0.39, 0.29) is 13.0 Å². The van der Waals surface area contributed by atoms with Gasteiger partial charge in [-0.15, -0.1) is 0 Å². The lowest BCUT2D eigenvalue weighted by Crippen LogP contribution is -2.17. The molecule has 0 aliphatic rings. The van der Waals surface area contributed by atoms with Gasteiger partial charge in [-0.25, -0.2) is 13.2 Å². The highest BCUT2D eigenvalue weighted by atomic mass is 35.5. The van der Waals surface area contributed by atoms with Gasteiger partial charge < -0.3 is 10.6 Å². The standard InChI is InChI=1S/C16H14ClF3N2O/c1-9-10(17)3-2-4-12(9)21-8-7-14(23)22-13-6-5-11(18)15(19)16(13)20/h2-6,21H,7-8H2,1H3,(H,22,23). The first-order valence-corrected chi connectivity index (χ1v) is 7.20. The van der Waals surface area contributed by atoms with E-state index in [1.807, 2.05) is 13.0 Å². The molecule has 7 heteroatoms. The molecular weight excluding hydrogens is 329 g/mol. The highest BCUT2D eigenvalue weighted by Crippen LogP contribution is 2.23. The minimum Gasteiger partial charge on any atom is -0.384 e. The van der Waals surface area contributed by atoms with Crippen molar-refractivity contribution in [2.24, 2.45) is 0 Å². The van der Waals surface area contributed by atoms with E-state index in [9.17, 15) is 18.0 Å². The number of benzene rings is 2. The third-order valence-electron chi connectivity index (χ3n) is 3.24. The smallest absolute Gasteiger partial charge is 0.226 e. The number of carbonyl (C=O) groups is 1. The average molecular weight is 343 g/mol. The molecule has 0 saturated heterocycles. The van der Waals surface area contributed by atoms with Crippen molar-refractivity contribution in [1.29, 1.82) is 0 Å². The number of hydrogen-bond acceptors (Lipinski definition) is 2. The third kappa shape index (κ3) is 4.16. The number of anilines is 2. The second-order valence-electron chi connectivity index (χ2n) is 4.86. The molecule has 0 heterocycles. The van der Waals surface area contributed by atoms with E-state index in [0.717, 1.165) is 23.4 Å². The van der Waals surface area contributed by atoms with Crippen LogP contribution < -0.4 is 10.6 Å². The van der Waals surface area contributed by atoms with Gasteiger partial charge in [0, 0.05) is 23.7 Å². The Bertz CT molecular complexity index is 738. The van der Waals surface area contributed by atoms with Gasteiger partial charge in [-0.2, -0.15) is 0 Å². The maximum atomic E-state index is 13.4. The van der Waals surface area contributed by atoms with E-state index in [4.69, 9.17) is 11.6 Å². The van der Waals surface area contributed by atoms with Gasteiger partial charge in [0.15, 0.2) is 17.5 Å². The molecule has 0 radical (unpaired) electrons. The lowest BCUT2D eigenvalue weighted by molar-refractivity contribution is -0.116. The van der Waals surface area contributed by atoms with Crippen LogP contribution in [0.3, 0.4) is 0 Å². The summed E-state index contributed by atoms with van der Waals surface area (Å²) in [5, 5.41) is 5.84. The van der Waals surface area contributed by atoms with E-state index >= 15 is 0 Å². The number of rotatable bonds is 5. The summed E-state index contributed by atoms with van der Waals surface area (Å²) in [6.45, 7) is 2.11. The fourth-order valence-electron chi connectivity index (χ4n) is 1.94. The second-order valence-corrected chi connectivity index (χ2v) is 5.27. The number of carbonyl (C=O) groups excluding carboxylic acids is 1. The molecule has 0 aliphatic carbocycles. The molecule has 0 aliphatic heterocycles. The quantitative estimate of drug-likeness (QED) is 0.785. The Morgan fingerprint density at radius 2 is 1.83 bits per heavy atom. The van der Waals surface area contributed by atoms with Crippen LogP contribution in [0.1, 0.15) is 12.0 Å². The Morgan fingerprint density at radius 1 is 1.09 bits per heavy atom. The molecule has 2 N–H and O–H groups in total. The van der Waals surface area contributed by atoms with Gasteiger partial charge in [-0.3, -0.25) is 4.79 Å². The molecule has 0 aromatic heterocycles. The molecule has 0 atom stereocenters. The zero-order valence-electron chi connectivity index (χ0n) is 12.2. The molecule has 0 unspecified atom stereocenters. The van der Waals surface area contributed by atoms with Crippen molar-refractivity contribution >= 4 is 28.9 Å². The average Bonchev–Trinajstić information content (AvgIpc) is 2.52. The van der Waals surface area contributed by atoms with Crippen molar-refractivity contribution in [2.45, 2.75) is 13.3 Å². The predicted molar refractivity (Wildman–Crippen MR) is 84.2 cm³/mol. The molecule has 1 amide bonds. The summed E-state index contributed by atoms with van der Waals surface area (Å²) in [5.74, 6) is -4.87. The highest BCUT2D eigenvalue weighted by molar-refractivity contribution is 6.31. The van der Waals surface area contributed by atoms with Crippen LogP contribution in [0.4, 0.5) is 24.5 Å². The van der Waals surface area contributed by atoms with Gasteiger partial charge >= 0.3 is 0 Å². The van der Waals surface area contributed by atoms with Gasteiger partial charge in [0.05, 0.1) is 5.69 Å². The van der Waals surface area contributed by atoms with Crippen LogP contribution in [0, 0.1) is 24.4 Å². The summed E-state index contributed by atoms with van der Waals surface area (Å²) >= 11 is 5.98. The van der Waals surface area contributed by atoms with Crippen LogP contribution in [0.2, 0.25) is 5.02 Å². The SMILES string of the molecule is Cc1c(Cl)cccc1NCCC(=O)Nc1ccc(F)c(F)c1F. The molecule has 2 aromatic rings. The van der Waals surface area contributed by atoms with Gasteiger partial charge in [-0.1, -0.05) is 17.7 Å². The first-order chi connectivity index (χ1) is 10.9. The molecule has 23 heavy (non-hydrogen) atoms. The zero-order valence-corrected chi connectivity index (χ0v) is 13.0. The number of halogens is 4. The van der Waals surface area contributed by atoms with Crippen molar-refractivity contribution in [3.8, 4) is 0 Å². The summed E-state index contributed by atoms with van der Waals surface area (Å²) in [6.07, 6.45) is 0.0182. The van der Waals surface area contributed by atoms with Crippen LogP contribution in [-0.2, 0) is 4.79 Å². The van der Waals surface area contributed by atoms with E-state index in [1.165, 1.54) is 0 Å². The third-order valence-corrected chi connectivity index (χ3v) is 3.65. The van der Waals surface area contributed by atoms with E-state index < -0.39 is 29.0 Å². The van der Waals surface area contributed by atoms with E-state index in [0.29, 0.717) is 5.02 Å². The molecule has 0 saturated carbocycles. The molecule has 2 aromatic carbocycles. The topological polar surface area (TPSA) is 41.1 Å². The number of hydrogen-bond donors (Lipinski definition) is 2. The summed E-state index contributed by atoms with van der Waals surface area (Å²) in [7, 11) is 0. The van der Waals surface area contributed by atoms with Gasteiger partial charge in [0.2, 0.25) is 5.91 Å². The van der Waals surface area contributed by atoms with E-state index in [2.05, 4.69) is 10.6 Å².